The Morgan fingerprint density at radius 3 is 3.08 bits per heavy atom. The van der Waals surface area contributed by atoms with Crippen LogP contribution in [0.15, 0.2) is 23.7 Å². The molecule has 0 fully saturated rings. The molecular formula is C9H11NO2S. The number of thiophene rings is 1. The Morgan fingerprint density at radius 2 is 2.54 bits per heavy atom. The SMILES string of the molecule is Cc1cc(CN/C=C/C(=O)O)cs1. The molecular weight excluding hydrogens is 186 g/mol. The van der Waals surface area contributed by atoms with Crippen molar-refractivity contribution in [1.29, 1.82) is 0 Å². The van der Waals surface area contributed by atoms with Crippen molar-refractivity contribution in [3.8, 4) is 0 Å². The molecule has 1 heterocycles. The third kappa shape index (κ3) is 3.75. The van der Waals surface area contributed by atoms with Crippen molar-refractivity contribution in [3.63, 3.8) is 0 Å². The van der Waals surface area contributed by atoms with Crippen molar-refractivity contribution in [2.45, 2.75) is 13.5 Å². The van der Waals surface area contributed by atoms with E-state index in [0.717, 1.165) is 6.08 Å². The summed E-state index contributed by atoms with van der Waals surface area (Å²) < 4.78 is 0. The zero-order valence-corrected chi connectivity index (χ0v) is 8.10. The second-order valence-corrected chi connectivity index (χ2v) is 3.73. The Hall–Kier alpha value is -1.29. The van der Waals surface area contributed by atoms with E-state index in [1.165, 1.54) is 16.6 Å². The first-order valence-corrected chi connectivity index (χ1v) is 4.73. The van der Waals surface area contributed by atoms with Gasteiger partial charge in [0.25, 0.3) is 0 Å². The van der Waals surface area contributed by atoms with Gasteiger partial charge in [-0.15, -0.1) is 11.3 Å². The van der Waals surface area contributed by atoms with Gasteiger partial charge in [0.1, 0.15) is 0 Å². The average Bonchev–Trinajstić information content (AvgIpc) is 2.45. The van der Waals surface area contributed by atoms with Gasteiger partial charge in [0.15, 0.2) is 0 Å². The van der Waals surface area contributed by atoms with Crippen LogP contribution >= 0.6 is 11.3 Å². The highest BCUT2D eigenvalue weighted by molar-refractivity contribution is 7.10. The molecule has 0 bridgehead atoms. The average molecular weight is 197 g/mol. The van der Waals surface area contributed by atoms with Gasteiger partial charge in [-0.3, -0.25) is 0 Å². The number of carboxylic acid groups (broad SMARTS) is 1. The summed E-state index contributed by atoms with van der Waals surface area (Å²) in [4.78, 5) is 11.4. The van der Waals surface area contributed by atoms with Crippen LogP contribution < -0.4 is 5.32 Å². The predicted octanol–water partition coefficient (Wildman–Crippen LogP) is 1.74. The maximum atomic E-state index is 10.1. The Morgan fingerprint density at radius 1 is 1.77 bits per heavy atom. The summed E-state index contributed by atoms with van der Waals surface area (Å²) in [5.74, 6) is -0.936. The molecule has 13 heavy (non-hydrogen) atoms. The fourth-order valence-corrected chi connectivity index (χ4v) is 1.61. The van der Waals surface area contributed by atoms with E-state index in [1.54, 1.807) is 11.3 Å². The van der Waals surface area contributed by atoms with Gasteiger partial charge in [0.05, 0.1) is 0 Å². The normalized spacial score (nSPS) is 10.5. The van der Waals surface area contributed by atoms with E-state index < -0.39 is 5.97 Å². The number of hydrogen-bond donors (Lipinski definition) is 2. The summed E-state index contributed by atoms with van der Waals surface area (Å²) >= 11 is 1.69. The quantitative estimate of drug-likeness (QED) is 0.723. The number of rotatable bonds is 4. The van der Waals surface area contributed by atoms with Crippen molar-refractivity contribution < 1.29 is 9.90 Å². The van der Waals surface area contributed by atoms with Gasteiger partial charge in [-0.05, 0) is 23.9 Å². The van der Waals surface area contributed by atoms with Gasteiger partial charge in [-0.1, -0.05) is 0 Å². The van der Waals surface area contributed by atoms with Gasteiger partial charge in [0.2, 0.25) is 0 Å². The van der Waals surface area contributed by atoms with Crippen molar-refractivity contribution in [3.05, 3.63) is 34.2 Å². The lowest BCUT2D eigenvalue weighted by Gasteiger charge is -1.95. The molecule has 70 valence electrons. The highest BCUT2D eigenvalue weighted by Gasteiger charge is 1.93. The molecule has 1 aromatic rings. The van der Waals surface area contributed by atoms with Crippen LogP contribution in [0.1, 0.15) is 10.4 Å². The third-order valence-corrected chi connectivity index (χ3v) is 2.35. The van der Waals surface area contributed by atoms with Crippen molar-refractivity contribution in [2.75, 3.05) is 0 Å². The minimum atomic E-state index is -0.936. The van der Waals surface area contributed by atoms with E-state index in [0.29, 0.717) is 6.54 Å². The molecule has 1 rings (SSSR count). The van der Waals surface area contributed by atoms with E-state index in [9.17, 15) is 4.79 Å². The van der Waals surface area contributed by atoms with Crippen LogP contribution in [0.3, 0.4) is 0 Å². The van der Waals surface area contributed by atoms with Gasteiger partial charge in [0, 0.05) is 23.7 Å². The van der Waals surface area contributed by atoms with E-state index in [-0.39, 0.29) is 0 Å². The first kappa shape index (κ1) is 9.80. The predicted molar refractivity (Wildman–Crippen MR) is 52.7 cm³/mol. The molecule has 0 radical (unpaired) electrons. The number of aryl methyl sites for hydroxylation is 1. The van der Waals surface area contributed by atoms with E-state index in [2.05, 4.69) is 16.8 Å². The number of aliphatic carboxylic acids is 1. The Labute approximate surface area is 80.7 Å². The van der Waals surface area contributed by atoms with Crippen LogP contribution in [0.25, 0.3) is 0 Å². The van der Waals surface area contributed by atoms with Gasteiger partial charge >= 0.3 is 5.97 Å². The molecule has 3 nitrogen and oxygen atoms in total. The molecule has 0 saturated heterocycles. The maximum Gasteiger partial charge on any atom is 0.329 e. The lowest BCUT2D eigenvalue weighted by molar-refractivity contribution is -0.131. The Kier molecular flexibility index (Phi) is 3.52. The van der Waals surface area contributed by atoms with Crippen molar-refractivity contribution >= 4 is 17.3 Å². The van der Waals surface area contributed by atoms with Gasteiger partial charge in [-0.2, -0.15) is 0 Å². The third-order valence-electron chi connectivity index (χ3n) is 1.43. The standard InChI is InChI=1S/C9H11NO2S/c1-7-4-8(6-13-7)5-10-3-2-9(11)12/h2-4,6,10H,5H2,1H3,(H,11,12)/b3-2+. The highest BCUT2D eigenvalue weighted by Crippen LogP contribution is 2.12. The first-order valence-electron chi connectivity index (χ1n) is 3.85. The molecule has 1 aromatic heterocycles. The fraction of sp³-hybridized carbons (Fsp3) is 0.222. The first-order chi connectivity index (χ1) is 6.18. The lowest BCUT2D eigenvalue weighted by atomic mass is 10.3. The fourth-order valence-electron chi connectivity index (χ4n) is 0.897. The summed E-state index contributed by atoms with van der Waals surface area (Å²) in [6.45, 7) is 2.72. The van der Waals surface area contributed by atoms with Crippen LogP contribution in [0.4, 0.5) is 0 Å². The van der Waals surface area contributed by atoms with Crippen LogP contribution in [0, 0.1) is 6.92 Å². The van der Waals surface area contributed by atoms with Crippen LogP contribution in [0.5, 0.6) is 0 Å². The molecule has 0 spiro atoms. The summed E-state index contributed by atoms with van der Waals surface area (Å²) in [5.41, 5.74) is 1.18. The van der Waals surface area contributed by atoms with E-state index >= 15 is 0 Å². The summed E-state index contributed by atoms with van der Waals surface area (Å²) in [5, 5.41) is 13.2. The summed E-state index contributed by atoms with van der Waals surface area (Å²) in [7, 11) is 0. The molecule has 0 saturated carbocycles. The number of nitrogens with one attached hydrogen (secondary N) is 1. The van der Waals surface area contributed by atoms with E-state index in [4.69, 9.17) is 5.11 Å². The van der Waals surface area contributed by atoms with Gasteiger partial charge in [-0.25, -0.2) is 4.79 Å². The Bertz CT molecular complexity index is 317. The zero-order chi connectivity index (χ0) is 9.68. The molecule has 0 aliphatic heterocycles. The van der Waals surface area contributed by atoms with Gasteiger partial charge < -0.3 is 10.4 Å². The number of carboxylic acids is 1. The second kappa shape index (κ2) is 4.67. The number of hydrogen-bond acceptors (Lipinski definition) is 3. The summed E-state index contributed by atoms with van der Waals surface area (Å²) in [6, 6.07) is 2.08. The zero-order valence-electron chi connectivity index (χ0n) is 7.28. The second-order valence-electron chi connectivity index (χ2n) is 2.62. The molecule has 0 atom stereocenters. The van der Waals surface area contributed by atoms with E-state index in [1.807, 2.05) is 6.92 Å². The molecule has 0 amide bonds. The molecule has 0 aromatic carbocycles. The molecule has 0 aliphatic rings. The smallest absolute Gasteiger partial charge is 0.329 e. The van der Waals surface area contributed by atoms with Crippen molar-refractivity contribution in [1.82, 2.24) is 5.32 Å². The molecule has 0 unspecified atom stereocenters. The monoisotopic (exact) mass is 197 g/mol. The molecule has 0 aliphatic carbocycles. The largest absolute Gasteiger partial charge is 0.478 e. The lowest BCUT2D eigenvalue weighted by Crippen LogP contribution is -2.04. The maximum absolute atomic E-state index is 10.1. The topological polar surface area (TPSA) is 49.3 Å². The minimum absolute atomic E-state index is 0.675. The Balaban J connectivity index is 2.31. The van der Waals surface area contributed by atoms with Crippen LogP contribution in [-0.4, -0.2) is 11.1 Å². The highest BCUT2D eigenvalue weighted by atomic mass is 32.1. The van der Waals surface area contributed by atoms with Crippen LogP contribution in [-0.2, 0) is 11.3 Å². The summed E-state index contributed by atoms with van der Waals surface area (Å²) in [6.07, 6.45) is 2.52. The molecule has 4 heteroatoms. The number of carbonyl (C=O) groups is 1. The molecule has 2 N–H and O–H groups in total. The minimum Gasteiger partial charge on any atom is -0.478 e. The van der Waals surface area contributed by atoms with Crippen LogP contribution in [0.2, 0.25) is 0 Å². The van der Waals surface area contributed by atoms with Crippen molar-refractivity contribution in [2.24, 2.45) is 0 Å².